The molecule has 0 radical (unpaired) electrons. The molecule has 5 rings (SSSR count). The number of rotatable bonds is 8. The van der Waals surface area contributed by atoms with E-state index >= 15 is 0 Å². The van der Waals surface area contributed by atoms with Crippen molar-refractivity contribution in [1.29, 1.82) is 0 Å². The van der Waals surface area contributed by atoms with Crippen LogP contribution >= 0.6 is 0 Å². The van der Waals surface area contributed by atoms with Crippen LogP contribution in [-0.4, -0.2) is 23.3 Å². The number of carbonyl (C=O) groups is 2. The molecule has 2 amide bonds. The number of non-ortho nitro benzene ring substituents is 1. The molecule has 0 unspecified atom stereocenters. The second-order valence-corrected chi connectivity index (χ2v) is 10.3. The molecular weight excluding hydrogens is 523 g/mol. The summed E-state index contributed by atoms with van der Waals surface area (Å²) in [7, 11) is 0. The number of hydrogen-bond acceptors (Lipinski definition) is 5. The molecule has 4 aromatic rings. The fourth-order valence-corrected chi connectivity index (χ4v) is 5.33. The first-order valence-corrected chi connectivity index (χ1v) is 13.4. The van der Waals surface area contributed by atoms with Gasteiger partial charge in [-0.15, -0.1) is 0 Å². The fourth-order valence-electron chi connectivity index (χ4n) is 5.33. The van der Waals surface area contributed by atoms with Gasteiger partial charge >= 0.3 is 5.91 Å². The van der Waals surface area contributed by atoms with Gasteiger partial charge in [-0.3, -0.25) is 20.2 Å². The van der Waals surface area contributed by atoms with Crippen molar-refractivity contribution in [2.24, 2.45) is 5.73 Å². The molecule has 0 saturated carbocycles. The number of benzene rings is 4. The van der Waals surface area contributed by atoms with Gasteiger partial charge in [0.15, 0.2) is 0 Å². The number of nitro groups is 1. The van der Waals surface area contributed by atoms with E-state index in [2.05, 4.69) is 4.90 Å². The van der Waals surface area contributed by atoms with Crippen molar-refractivity contribution in [2.45, 2.75) is 32.4 Å². The predicted molar refractivity (Wildman–Crippen MR) is 154 cm³/mol. The Balaban J connectivity index is 1.34. The maximum atomic E-state index is 15.0. The zero-order chi connectivity index (χ0) is 29.1. The van der Waals surface area contributed by atoms with Gasteiger partial charge in [0.25, 0.3) is 5.69 Å². The minimum atomic E-state index is -0.541. The van der Waals surface area contributed by atoms with Gasteiger partial charge in [-0.05, 0) is 85.0 Å². The summed E-state index contributed by atoms with van der Waals surface area (Å²) in [6.07, 6.45) is 1.67. The quantitative estimate of drug-likeness (QED) is 0.237. The van der Waals surface area contributed by atoms with Crippen LogP contribution in [0.5, 0.6) is 0 Å². The first kappa shape index (κ1) is 27.7. The van der Waals surface area contributed by atoms with Crippen LogP contribution in [0.4, 0.5) is 15.8 Å². The molecule has 8 nitrogen and oxygen atoms in total. The van der Waals surface area contributed by atoms with Crippen molar-refractivity contribution < 1.29 is 24.2 Å². The number of aryl methyl sites for hydroxylation is 1. The Hall–Kier alpha value is -4.89. The van der Waals surface area contributed by atoms with Crippen LogP contribution in [0.3, 0.4) is 0 Å². The second-order valence-electron chi connectivity index (χ2n) is 10.3. The Bertz CT molecular complexity index is 1640. The molecule has 9 heteroatoms. The normalized spacial score (nSPS) is 13.4. The van der Waals surface area contributed by atoms with Gasteiger partial charge < -0.3 is 10.6 Å². The molecule has 1 aliphatic rings. The minimum absolute atomic E-state index is 0.00797. The molecule has 1 heterocycles. The maximum Gasteiger partial charge on any atom is 0.343 e. The van der Waals surface area contributed by atoms with E-state index in [1.54, 1.807) is 53.8 Å². The van der Waals surface area contributed by atoms with E-state index < -0.39 is 10.8 Å². The summed E-state index contributed by atoms with van der Waals surface area (Å²) in [4.78, 5) is 37.6. The third-order valence-corrected chi connectivity index (χ3v) is 7.52. The number of nitro benzene ring substituents is 1. The van der Waals surface area contributed by atoms with Crippen molar-refractivity contribution in [3.8, 4) is 11.1 Å². The van der Waals surface area contributed by atoms with E-state index in [1.807, 2.05) is 25.1 Å². The molecule has 4 N–H and O–H groups in total. The fraction of sp³-hybridized carbons (Fsp3) is 0.188. The lowest BCUT2D eigenvalue weighted by Gasteiger charge is -2.32. The molecule has 0 bridgehead atoms. The molecule has 0 fully saturated rings. The number of nitrogens with zero attached hydrogens (tertiary/aromatic N) is 2. The van der Waals surface area contributed by atoms with Gasteiger partial charge in [0.05, 0.1) is 10.5 Å². The lowest BCUT2D eigenvalue weighted by atomic mass is 9.96. The smallest absolute Gasteiger partial charge is 0.343 e. The lowest BCUT2D eigenvalue weighted by molar-refractivity contribution is -0.597. The molecule has 208 valence electrons. The van der Waals surface area contributed by atoms with Gasteiger partial charge in [-0.1, -0.05) is 24.3 Å². The van der Waals surface area contributed by atoms with E-state index in [1.165, 1.54) is 18.2 Å². The third-order valence-electron chi connectivity index (χ3n) is 7.52. The topological polar surface area (TPSA) is 123 Å². The molecule has 0 aliphatic carbocycles. The molecule has 4 aromatic carbocycles. The van der Waals surface area contributed by atoms with Crippen molar-refractivity contribution in [3.05, 3.63) is 129 Å². The van der Waals surface area contributed by atoms with Crippen molar-refractivity contribution in [2.75, 3.05) is 11.4 Å². The van der Waals surface area contributed by atoms with Gasteiger partial charge in [0.1, 0.15) is 11.9 Å². The highest BCUT2D eigenvalue weighted by Crippen LogP contribution is 2.32. The van der Waals surface area contributed by atoms with E-state index in [4.69, 9.17) is 5.73 Å². The summed E-state index contributed by atoms with van der Waals surface area (Å²) in [5.74, 6) is -0.997. The molecular formula is C32H30FN4O4+. The van der Waals surface area contributed by atoms with Crippen molar-refractivity contribution in [1.82, 2.24) is 0 Å². The molecule has 1 atom stereocenters. The Kier molecular flexibility index (Phi) is 7.89. The molecule has 1 aliphatic heterocycles. The Labute approximate surface area is 236 Å². The maximum absolute atomic E-state index is 15.0. The molecule has 41 heavy (non-hydrogen) atoms. The summed E-state index contributed by atoms with van der Waals surface area (Å²) >= 11 is 0. The number of nitrogens with two attached hydrogens (primary N) is 2. The van der Waals surface area contributed by atoms with Gasteiger partial charge in [0, 0.05) is 47.6 Å². The molecule has 0 saturated heterocycles. The first-order valence-electron chi connectivity index (χ1n) is 13.4. The largest absolute Gasteiger partial charge is 0.367 e. The molecule has 0 aromatic heterocycles. The third kappa shape index (κ3) is 6.00. The first-order chi connectivity index (χ1) is 19.7. The molecule has 0 spiro atoms. The number of halogens is 1. The zero-order valence-corrected chi connectivity index (χ0v) is 22.5. The summed E-state index contributed by atoms with van der Waals surface area (Å²) < 4.78 is 15.0. The van der Waals surface area contributed by atoms with Crippen LogP contribution in [0.15, 0.2) is 84.9 Å². The number of quaternary nitrogens is 1. The van der Waals surface area contributed by atoms with E-state index in [0.29, 0.717) is 34.4 Å². The van der Waals surface area contributed by atoms with Crippen molar-refractivity contribution in [3.63, 3.8) is 0 Å². The summed E-state index contributed by atoms with van der Waals surface area (Å²) in [5.41, 5.74) is 11.2. The Morgan fingerprint density at radius 1 is 1.05 bits per heavy atom. The average molecular weight is 554 g/mol. The number of amides is 2. The van der Waals surface area contributed by atoms with E-state index in [0.717, 1.165) is 36.2 Å². The minimum Gasteiger partial charge on any atom is -0.367 e. The second kappa shape index (κ2) is 11.7. The van der Waals surface area contributed by atoms with Crippen LogP contribution in [0.1, 0.15) is 56.8 Å². The lowest BCUT2D eigenvalue weighted by Crippen LogP contribution is -2.88. The number of fused-ring (bicyclic) bond motifs is 1. The summed E-state index contributed by atoms with van der Waals surface area (Å²) in [6.45, 7) is 2.96. The van der Waals surface area contributed by atoms with Gasteiger partial charge in [0.2, 0.25) is 5.91 Å². The van der Waals surface area contributed by atoms with E-state index in [9.17, 15) is 24.1 Å². The summed E-state index contributed by atoms with van der Waals surface area (Å²) in [5, 5.41) is 12.5. The summed E-state index contributed by atoms with van der Waals surface area (Å²) in [6, 6.07) is 23.4. The van der Waals surface area contributed by atoms with Crippen LogP contribution in [0, 0.1) is 15.9 Å². The van der Waals surface area contributed by atoms with Crippen LogP contribution in [0.25, 0.3) is 11.1 Å². The van der Waals surface area contributed by atoms with Crippen molar-refractivity contribution >= 4 is 23.2 Å². The average Bonchev–Trinajstić information content (AvgIpc) is 2.98. The highest BCUT2D eigenvalue weighted by atomic mass is 19.1. The van der Waals surface area contributed by atoms with Gasteiger partial charge in [-0.25, -0.2) is 9.18 Å². The monoisotopic (exact) mass is 553 g/mol. The standard InChI is InChI=1S/C32H29FN4O4/c1-20(21-8-12-26(13-9-21)37(40)41)35-32(39)24-11-15-30-23(18-24)5-4-16-36(30)19-25-17-22(10-14-29(25)33)27-6-2-3-7-28(27)31(34)38/h2-3,6-15,17-18,20H,4-5,16,19H2,1H3,(H2,34,38)(H,35,39)/p+1/t20-/m0/s1. The Morgan fingerprint density at radius 3 is 2.54 bits per heavy atom. The van der Waals surface area contributed by atoms with Crippen LogP contribution in [-0.2, 0) is 13.0 Å². The Morgan fingerprint density at radius 2 is 1.80 bits per heavy atom. The zero-order valence-electron chi connectivity index (χ0n) is 22.5. The number of anilines is 1. The van der Waals surface area contributed by atoms with E-state index in [-0.39, 0.29) is 23.5 Å². The highest BCUT2D eigenvalue weighted by Gasteiger charge is 2.23. The number of primary amides is 2. The highest BCUT2D eigenvalue weighted by molar-refractivity contribution is 5.99. The SMILES string of the molecule is C[C@H]([NH2+]C(=O)c1ccc2c(c1)CCCN2Cc1cc(-c2ccccc2C(N)=O)ccc1F)c1ccc([N+](=O)[O-])cc1. The van der Waals surface area contributed by atoms with Crippen LogP contribution in [0.2, 0.25) is 0 Å². The number of carbonyl (C=O) groups excluding carboxylic acids is 2. The van der Waals surface area contributed by atoms with Crippen LogP contribution < -0.4 is 16.0 Å². The predicted octanol–water partition coefficient (Wildman–Crippen LogP) is 4.92. The van der Waals surface area contributed by atoms with Gasteiger partial charge in [-0.2, -0.15) is 0 Å². The number of hydrogen-bond donors (Lipinski definition) is 2.